The van der Waals surface area contributed by atoms with Crippen molar-refractivity contribution < 1.29 is 14.7 Å². The average molecular weight is 347 g/mol. The van der Waals surface area contributed by atoms with Crippen molar-refractivity contribution in [2.24, 2.45) is 0 Å². The monoisotopic (exact) mass is 347 g/mol. The summed E-state index contributed by atoms with van der Waals surface area (Å²) in [5.41, 5.74) is 2.72. The van der Waals surface area contributed by atoms with Gasteiger partial charge >= 0.3 is 7.94 Å². The fourth-order valence-corrected chi connectivity index (χ4v) is 3.75. The van der Waals surface area contributed by atoms with E-state index in [9.17, 15) is 0 Å². The molecule has 0 aliphatic heterocycles. The zero-order chi connectivity index (χ0) is 17.3. The molecule has 0 aliphatic carbocycles. The summed E-state index contributed by atoms with van der Waals surface area (Å²) in [6.45, 7) is 0. The van der Waals surface area contributed by atoms with Crippen LogP contribution >= 0.6 is 7.94 Å². The van der Waals surface area contributed by atoms with Gasteiger partial charge in [-0.15, -0.1) is 0 Å². The van der Waals surface area contributed by atoms with Crippen molar-refractivity contribution in [3.63, 3.8) is 0 Å². The molecule has 0 heterocycles. The molecule has 3 nitrogen and oxygen atoms in total. The van der Waals surface area contributed by atoms with Crippen molar-refractivity contribution >= 4 is 7.94 Å². The van der Waals surface area contributed by atoms with Gasteiger partial charge in [-0.1, -0.05) is 79.9 Å². The maximum Gasteiger partial charge on any atom is 0.403 e. The molecular weight excluding hydrogens is 319 g/mol. The molecule has 2 aromatic rings. The van der Waals surface area contributed by atoms with Crippen molar-refractivity contribution in [1.82, 2.24) is 0 Å². The molecule has 0 fully saturated rings. The summed E-state index contributed by atoms with van der Waals surface area (Å²) in [5.74, 6) is 0.429. The summed E-state index contributed by atoms with van der Waals surface area (Å²) < 4.78 is 0. The van der Waals surface area contributed by atoms with Gasteiger partial charge in [0.05, 0.1) is 0 Å². The van der Waals surface area contributed by atoms with Gasteiger partial charge in [-0.3, -0.25) is 0 Å². The summed E-state index contributed by atoms with van der Waals surface area (Å²) in [6.07, 6.45) is 6.20. The highest BCUT2D eigenvalue weighted by Crippen LogP contribution is 2.45. The van der Waals surface area contributed by atoms with E-state index in [-0.39, 0.29) is 6.16 Å². The van der Waals surface area contributed by atoms with Crippen LogP contribution in [0.5, 0.6) is 0 Å². The first kappa shape index (κ1) is 19.1. The van der Waals surface area contributed by atoms with E-state index < -0.39 is 7.94 Å². The van der Waals surface area contributed by atoms with Crippen molar-refractivity contribution in [3.05, 3.63) is 71.8 Å². The molecule has 0 saturated carbocycles. The quantitative estimate of drug-likeness (QED) is 0.423. The maximum atomic E-state index is 8.97. The molecule has 24 heavy (non-hydrogen) atoms. The standard InChI is InChI=1S/C20H28O3P/c21-24(22,23)17-11-3-1-2-10-16-20(18-12-6-4-7-13-18)19-14-8-5-9-15-19/h4-9,12-15,20-23H,1-3,10-11,16-17H2/q+1. The van der Waals surface area contributed by atoms with Gasteiger partial charge in [0.1, 0.15) is 6.16 Å². The van der Waals surface area contributed by atoms with E-state index in [1.807, 2.05) is 0 Å². The third-order valence-electron chi connectivity index (χ3n) is 4.35. The summed E-state index contributed by atoms with van der Waals surface area (Å²) in [4.78, 5) is 26.9. The molecule has 3 N–H and O–H groups in total. The topological polar surface area (TPSA) is 60.7 Å². The third kappa shape index (κ3) is 7.11. The van der Waals surface area contributed by atoms with Crippen LogP contribution in [0.3, 0.4) is 0 Å². The van der Waals surface area contributed by atoms with Crippen LogP contribution in [0.2, 0.25) is 0 Å². The highest BCUT2D eigenvalue weighted by molar-refractivity contribution is 7.58. The van der Waals surface area contributed by atoms with Gasteiger partial charge in [0.25, 0.3) is 0 Å². The van der Waals surface area contributed by atoms with Gasteiger partial charge in [-0.05, 0) is 30.4 Å². The molecule has 0 saturated heterocycles. The van der Waals surface area contributed by atoms with Crippen LogP contribution in [0.1, 0.15) is 55.6 Å². The fraction of sp³-hybridized carbons (Fsp3) is 0.400. The second-order valence-electron chi connectivity index (χ2n) is 6.35. The molecule has 4 heteroatoms. The molecular formula is C20H28O3P+. The Bertz CT molecular complexity index is 527. The number of rotatable bonds is 10. The van der Waals surface area contributed by atoms with Crippen molar-refractivity contribution in [3.8, 4) is 0 Å². The van der Waals surface area contributed by atoms with E-state index in [2.05, 4.69) is 60.7 Å². The zero-order valence-electron chi connectivity index (χ0n) is 14.1. The largest absolute Gasteiger partial charge is 0.403 e. The Morgan fingerprint density at radius 2 is 1.08 bits per heavy atom. The minimum atomic E-state index is -3.57. The lowest BCUT2D eigenvalue weighted by Crippen LogP contribution is -2.01. The molecule has 0 bridgehead atoms. The Balaban J connectivity index is 1.80. The van der Waals surface area contributed by atoms with E-state index in [1.54, 1.807) is 0 Å². The SMILES string of the molecule is O[P+](O)(O)CCCCCCCC(c1ccccc1)c1ccccc1. The van der Waals surface area contributed by atoms with E-state index in [0.29, 0.717) is 12.3 Å². The van der Waals surface area contributed by atoms with Gasteiger partial charge in [0.15, 0.2) is 0 Å². The van der Waals surface area contributed by atoms with Crippen LogP contribution < -0.4 is 0 Å². The van der Waals surface area contributed by atoms with Crippen LogP contribution in [0.15, 0.2) is 60.7 Å². The van der Waals surface area contributed by atoms with Crippen LogP contribution in [0.4, 0.5) is 0 Å². The normalized spacial score (nSPS) is 11.8. The average Bonchev–Trinajstić information content (AvgIpc) is 2.58. The second kappa shape index (κ2) is 9.90. The first-order valence-corrected chi connectivity index (χ1v) is 10.6. The molecule has 0 aromatic heterocycles. The van der Waals surface area contributed by atoms with Gasteiger partial charge < -0.3 is 0 Å². The van der Waals surface area contributed by atoms with Gasteiger partial charge in [0, 0.05) is 5.92 Å². The third-order valence-corrected chi connectivity index (χ3v) is 5.27. The molecule has 0 aliphatic rings. The van der Waals surface area contributed by atoms with E-state index in [4.69, 9.17) is 14.7 Å². The van der Waals surface area contributed by atoms with Crippen molar-refractivity contribution in [1.29, 1.82) is 0 Å². The zero-order valence-corrected chi connectivity index (χ0v) is 15.0. The first-order chi connectivity index (χ1) is 11.6. The van der Waals surface area contributed by atoms with E-state index in [0.717, 1.165) is 32.1 Å². The van der Waals surface area contributed by atoms with Crippen molar-refractivity contribution in [2.75, 3.05) is 6.16 Å². The maximum absolute atomic E-state index is 8.97. The predicted molar refractivity (Wildman–Crippen MR) is 101 cm³/mol. The lowest BCUT2D eigenvalue weighted by atomic mass is 9.87. The molecule has 0 radical (unpaired) electrons. The second-order valence-corrected chi connectivity index (χ2v) is 8.18. The van der Waals surface area contributed by atoms with Gasteiger partial charge in [-0.25, -0.2) is 0 Å². The Morgan fingerprint density at radius 3 is 1.58 bits per heavy atom. The minimum absolute atomic E-state index is 0.129. The lowest BCUT2D eigenvalue weighted by Gasteiger charge is -2.18. The number of unbranched alkanes of at least 4 members (excludes halogenated alkanes) is 4. The number of benzene rings is 2. The highest BCUT2D eigenvalue weighted by atomic mass is 31.2. The van der Waals surface area contributed by atoms with Crippen LogP contribution in [0.25, 0.3) is 0 Å². The Morgan fingerprint density at radius 1 is 0.625 bits per heavy atom. The molecule has 0 spiro atoms. The number of hydrogen-bond acceptors (Lipinski definition) is 3. The van der Waals surface area contributed by atoms with Crippen LogP contribution in [-0.4, -0.2) is 20.8 Å². The first-order valence-electron chi connectivity index (χ1n) is 8.72. The Hall–Kier alpha value is -1.25. The van der Waals surface area contributed by atoms with Crippen LogP contribution in [-0.2, 0) is 0 Å². The fourth-order valence-electron chi connectivity index (χ4n) is 3.10. The van der Waals surface area contributed by atoms with E-state index in [1.165, 1.54) is 11.1 Å². The summed E-state index contributed by atoms with van der Waals surface area (Å²) >= 11 is 0. The number of hydrogen-bond donors (Lipinski definition) is 3. The predicted octanol–water partition coefficient (Wildman–Crippen LogP) is 4.90. The van der Waals surface area contributed by atoms with Crippen molar-refractivity contribution in [2.45, 2.75) is 44.4 Å². The Labute approximate surface area is 145 Å². The summed E-state index contributed by atoms with van der Waals surface area (Å²) in [6, 6.07) is 21.3. The summed E-state index contributed by atoms with van der Waals surface area (Å²) in [5, 5.41) is 0. The molecule has 130 valence electrons. The Kier molecular flexibility index (Phi) is 7.87. The summed E-state index contributed by atoms with van der Waals surface area (Å²) in [7, 11) is -3.57. The lowest BCUT2D eigenvalue weighted by molar-refractivity contribution is 0.328. The minimum Gasteiger partial charge on any atom is -0.193 e. The van der Waals surface area contributed by atoms with Gasteiger partial charge in [0.2, 0.25) is 0 Å². The molecule has 0 amide bonds. The van der Waals surface area contributed by atoms with Gasteiger partial charge in [-0.2, -0.15) is 14.7 Å². The molecule has 2 aromatic carbocycles. The molecule has 0 atom stereocenters. The smallest absolute Gasteiger partial charge is 0.193 e. The van der Waals surface area contributed by atoms with Crippen LogP contribution in [0, 0.1) is 0 Å². The molecule has 2 rings (SSSR count). The highest BCUT2D eigenvalue weighted by Gasteiger charge is 2.27. The molecule has 0 unspecified atom stereocenters. The van der Waals surface area contributed by atoms with E-state index >= 15 is 0 Å².